The molecule has 0 spiro atoms. The molecule has 1 aromatic rings. The van der Waals surface area contributed by atoms with E-state index in [0.717, 1.165) is 25.9 Å². The maximum Gasteiger partial charge on any atom is 0.404 e. The van der Waals surface area contributed by atoms with Gasteiger partial charge < -0.3 is 10.4 Å². The van der Waals surface area contributed by atoms with Crippen molar-refractivity contribution in [3.8, 4) is 0 Å². The van der Waals surface area contributed by atoms with Gasteiger partial charge in [0.1, 0.15) is 0 Å². The number of carbonyl (C=O) groups is 1. The Kier molecular flexibility index (Phi) is 4.52. The number of nitro groups is 1. The molecule has 0 bridgehead atoms. The number of amides is 1. The number of nitro benzene ring substituents is 1. The Morgan fingerprint density at radius 2 is 2.05 bits per heavy atom. The summed E-state index contributed by atoms with van der Waals surface area (Å²) in [6.45, 7) is 1.99. The summed E-state index contributed by atoms with van der Waals surface area (Å²) in [7, 11) is 0. The van der Waals surface area contributed by atoms with Gasteiger partial charge in [-0.2, -0.15) is 0 Å². The molecule has 0 saturated carbocycles. The van der Waals surface area contributed by atoms with Gasteiger partial charge in [0.25, 0.3) is 5.69 Å². The first-order valence-electron chi connectivity index (χ1n) is 6.50. The number of nitrogens with zero attached hydrogens (tertiary/aromatic N) is 2. The molecule has 1 amide bonds. The Balaban J connectivity index is 1.93. The molecule has 1 aromatic carbocycles. The lowest BCUT2D eigenvalue weighted by molar-refractivity contribution is -0.385. The highest BCUT2D eigenvalue weighted by Gasteiger charge is 2.22. The smallest absolute Gasteiger partial charge is 0.404 e. The largest absolute Gasteiger partial charge is 0.465 e. The van der Waals surface area contributed by atoms with Gasteiger partial charge in [0.15, 0.2) is 0 Å². The van der Waals surface area contributed by atoms with Crippen LogP contribution in [0.3, 0.4) is 0 Å². The Bertz CT molecular complexity index is 498. The van der Waals surface area contributed by atoms with E-state index in [9.17, 15) is 14.9 Å². The first kappa shape index (κ1) is 14.3. The second-order valence-electron chi connectivity index (χ2n) is 4.89. The number of hydrogen-bond donors (Lipinski definition) is 2. The van der Waals surface area contributed by atoms with E-state index < -0.39 is 6.09 Å². The van der Waals surface area contributed by atoms with Gasteiger partial charge in [-0.3, -0.25) is 15.0 Å². The maximum atomic E-state index is 10.9. The zero-order chi connectivity index (χ0) is 14.5. The molecule has 1 aliphatic heterocycles. The zero-order valence-electron chi connectivity index (χ0n) is 11.0. The van der Waals surface area contributed by atoms with E-state index in [2.05, 4.69) is 10.2 Å². The Morgan fingerprint density at radius 1 is 1.40 bits per heavy atom. The first-order chi connectivity index (χ1) is 9.56. The van der Waals surface area contributed by atoms with Crippen molar-refractivity contribution in [2.45, 2.75) is 25.4 Å². The Hall–Kier alpha value is -2.15. The molecule has 0 atom stereocenters. The maximum absolute atomic E-state index is 10.9. The standard InChI is InChI=1S/C13H17N3O4/c17-13(18)14-11-5-7-15(8-6-11)9-10-3-1-2-4-12(10)16(19)20/h1-4,11,14H,5-9H2,(H,17,18). The molecule has 0 unspecified atom stereocenters. The van der Waals surface area contributed by atoms with Gasteiger partial charge in [0, 0.05) is 37.3 Å². The predicted octanol–water partition coefficient (Wildman–Crippen LogP) is 1.83. The molecule has 0 radical (unpaired) electrons. The van der Waals surface area contributed by atoms with Crippen LogP contribution in [0.25, 0.3) is 0 Å². The number of hydrogen-bond acceptors (Lipinski definition) is 4. The van der Waals surface area contributed by atoms with Crippen molar-refractivity contribution < 1.29 is 14.8 Å². The molecular weight excluding hydrogens is 262 g/mol. The van der Waals surface area contributed by atoms with Crippen molar-refractivity contribution in [1.82, 2.24) is 10.2 Å². The number of benzene rings is 1. The van der Waals surface area contributed by atoms with Crippen LogP contribution >= 0.6 is 0 Å². The third-order valence-electron chi connectivity index (χ3n) is 3.50. The lowest BCUT2D eigenvalue weighted by Gasteiger charge is -2.31. The second kappa shape index (κ2) is 6.33. The van der Waals surface area contributed by atoms with Gasteiger partial charge in [-0.25, -0.2) is 4.79 Å². The Morgan fingerprint density at radius 3 is 2.65 bits per heavy atom. The van der Waals surface area contributed by atoms with Gasteiger partial charge in [-0.1, -0.05) is 18.2 Å². The minimum Gasteiger partial charge on any atom is -0.465 e. The highest BCUT2D eigenvalue weighted by atomic mass is 16.6. The van der Waals surface area contributed by atoms with Gasteiger partial charge in [0.05, 0.1) is 4.92 Å². The molecule has 2 rings (SSSR count). The molecule has 2 N–H and O–H groups in total. The fourth-order valence-electron chi connectivity index (χ4n) is 2.47. The highest BCUT2D eigenvalue weighted by Crippen LogP contribution is 2.21. The summed E-state index contributed by atoms with van der Waals surface area (Å²) in [6.07, 6.45) is 0.460. The lowest BCUT2D eigenvalue weighted by atomic mass is 10.0. The van der Waals surface area contributed by atoms with Gasteiger partial charge in [-0.05, 0) is 12.8 Å². The summed E-state index contributed by atoms with van der Waals surface area (Å²) in [5.41, 5.74) is 0.834. The van der Waals surface area contributed by atoms with Crippen LogP contribution < -0.4 is 5.32 Å². The number of rotatable bonds is 4. The molecule has 0 aromatic heterocycles. The number of carboxylic acid groups (broad SMARTS) is 1. The normalized spacial score (nSPS) is 16.8. The van der Waals surface area contributed by atoms with Crippen LogP contribution in [0.2, 0.25) is 0 Å². The number of para-hydroxylation sites is 1. The van der Waals surface area contributed by atoms with Crippen LogP contribution in [-0.4, -0.2) is 40.2 Å². The summed E-state index contributed by atoms with van der Waals surface area (Å²) in [5, 5.41) is 22.1. The molecule has 1 fully saturated rings. The minimum absolute atomic E-state index is 0.0190. The van der Waals surface area contributed by atoms with E-state index >= 15 is 0 Å². The average molecular weight is 279 g/mol. The van der Waals surface area contributed by atoms with Crippen molar-refractivity contribution in [1.29, 1.82) is 0 Å². The van der Waals surface area contributed by atoms with Gasteiger partial charge in [-0.15, -0.1) is 0 Å². The van der Waals surface area contributed by atoms with E-state index in [4.69, 9.17) is 5.11 Å². The van der Waals surface area contributed by atoms with Gasteiger partial charge in [0.2, 0.25) is 0 Å². The lowest BCUT2D eigenvalue weighted by Crippen LogP contribution is -2.43. The average Bonchev–Trinajstić information content (AvgIpc) is 2.41. The number of likely N-dealkylation sites (tertiary alicyclic amines) is 1. The molecule has 108 valence electrons. The van der Waals surface area contributed by atoms with Crippen LogP contribution in [0, 0.1) is 10.1 Å². The molecule has 1 saturated heterocycles. The summed E-state index contributed by atoms with van der Waals surface area (Å²) in [4.78, 5) is 23.3. The molecule has 1 aliphatic rings. The third-order valence-corrected chi connectivity index (χ3v) is 3.50. The van der Waals surface area contributed by atoms with Gasteiger partial charge >= 0.3 is 6.09 Å². The van der Waals surface area contributed by atoms with E-state index in [1.807, 2.05) is 0 Å². The quantitative estimate of drug-likeness (QED) is 0.647. The van der Waals surface area contributed by atoms with Crippen molar-refractivity contribution in [2.75, 3.05) is 13.1 Å². The summed E-state index contributed by atoms with van der Waals surface area (Å²) >= 11 is 0. The topological polar surface area (TPSA) is 95.7 Å². The molecule has 7 heteroatoms. The zero-order valence-corrected chi connectivity index (χ0v) is 11.0. The Labute approximate surface area is 116 Å². The van der Waals surface area contributed by atoms with Crippen LogP contribution in [-0.2, 0) is 6.54 Å². The number of piperidine rings is 1. The van der Waals surface area contributed by atoms with E-state index in [-0.39, 0.29) is 16.7 Å². The number of nitrogens with one attached hydrogen (secondary N) is 1. The fourth-order valence-corrected chi connectivity index (χ4v) is 2.47. The van der Waals surface area contributed by atoms with Crippen molar-refractivity contribution >= 4 is 11.8 Å². The highest BCUT2D eigenvalue weighted by molar-refractivity contribution is 5.64. The van der Waals surface area contributed by atoms with E-state index in [0.29, 0.717) is 12.1 Å². The first-order valence-corrected chi connectivity index (χ1v) is 6.50. The van der Waals surface area contributed by atoms with Crippen LogP contribution in [0.15, 0.2) is 24.3 Å². The van der Waals surface area contributed by atoms with E-state index in [1.165, 1.54) is 6.07 Å². The molecule has 0 aliphatic carbocycles. The predicted molar refractivity (Wildman–Crippen MR) is 72.6 cm³/mol. The van der Waals surface area contributed by atoms with Crippen molar-refractivity contribution in [3.63, 3.8) is 0 Å². The molecular formula is C13H17N3O4. The van der Waals surface area contributed by atoms with Crippen LogP contribution in [0.1, 0.15) is 18.4 Å². The molecule has 7 nitrogen and oxygen atoms in total. The van der Waals surface area contributed by atoms with Crippen molar-refractivity contribution in [3.05, 3.63) is 39.9 Å². The summed E-state index contributed by atoms with van der Waals surface area (Å²) < 4.78 is 0. The molecule has 1 heterocycles. The van der Waals surface area contributed by atoms with Crippen molar-refractivity contribution in [2.24, 2.45) is 0 Å². The monoisotopic (exact) mass is 279 g/mol. The SMILES string of the molecule is O=C(O)NC1CCN(Cc2ccccc2[N+](=O)[O-])CC1. The van der Waals surface area contributed by atoms with E-state index in [1.54, 1.807) is 18.2 Å². The third kappa shape index (κ3) is 3.67. The second-order valence-corrected chi connectivity index (χ2v) is 4.89. The molecule has 20 heavy (non-hydrogen) atoms. The summed E-state index contributed by atoms with van der Waals surface area (Å²) in [5.74, 6) is 0. The minimum atomic E-state index is -0.998. The fraction of sp³-hybridized carbons (Fsp3) is 0.462. The van der Waals surface area contributed by atoms with Crippen LogP contribution in [0.5, 0.6) is 0 Å². The summed E-state index contributed by atoms with van der Waals surface area (Å²) in [6, 6.07) is 6.70. The van der Waals surface area contributed by atoms with Crippen LogP contribution in [0.4, 0.5) is 10.5 Å².